The fourth-order valence-corrected chi connectivity index (χ4v) is 3.12. The molecule has 22 heavy (non-hydrogen) atoms. The number of Topliss-reactive ketones (excluding diaryl/α,β-unsaturated/α-hetero) is 1. The van der Waals surface area contributed by atoms with E-state index in [4.69, 9.17) is 11.6 Å². The normalized spacial score (nSPS) is 16.4. The first-order chi connectivity index (χ1) is 10.6. The van der Waals surface area contributed by atoms with Gasteiger partial charge in [0.05, 0.1) is 11.3 Å². The minimum atomic E-state index is 0.00585. The lowest BCUT2D eigenvalue weighted by Gasteiger charge is -2.13. The summed E-state index contributed by atoms with van der Waals surface area (Å²) in [6, 6.07) is 6.30. The number of fused-ring (bicyclic) bond motifs is 1. The highest BCUT2D eigenvalue weighted by Gasteiger charge is 2.22. The molecule has 0 fully saturated rings. The Morgan fingerprint density at radius 1 is 1.36 bits per heavy atom. The van der Waals surface area contributed by atoms with Crippen LogP contribution in [0.4, 0.5) is 5.95 Å². The molecule has 0 aliphatic heterocycles. The van der Waals surface area contributed by atoms with Crippen LogP contribution in [0, 0.1) is 0 Å². The van der Waals surface area contributed by atoms with Gasteiger partial charge in [-0.1, -0.05) is 24.6 Å². The third kappa shape index (κ3) is 2.97. The van der Waals surface area contributed by atoms with Gasteiger partial charge in [0.2, 0.25) is 5.95 Å². The largest absolute Gasteiger partial charge is 0.351 e. The van der Waals surface area contributed by atoms with Crippen molar-refractivity contribution >= 4 is 23.3 Å². The third-order valence-electron chi connectivity index (χ3n) is 4.02. The van der Waals surface area contributed by atoms with Crippen molar-refractivity contribution < 1.29 is 4.79 Å². The highest BCUT2D eigenvalue weighted by Crippen LogP contribution is 2.26. The molecule has 0 saturated carbocycles. The number of ketones is 1. The van der Waals surface area contributed by atoms with Gasteiger partial charge in [-0.3, -0.25) is 4.79 Å². The van der Waals surface area contributed by atoms with Crippen LogP contribution in [-0.4, -0.2) is 21.8 Å². The lowest BCUT2D eigenvalue weighted by molar-refractivity contribution is 0.101. The molecular formula is C17H18ClN3O. The van der Waals surface area contributed by atoms with Gasteiger partial charge in [0.1, 0.15) is 0 Å². The number of aromatic nitrogens is 2. The van der Waals surface area contributed by atoms with Gasteiger partial charge in [0, 0.05) is 17.3 Å². The minimum absolute atomic E-state index is 0.00585. The number of carbonyl (C=O) groups is 1. The molecule has 1 aromatic carbocycles. The van der Waals surface area contributed by atoms with Crippen molar-refractivity contribution in [3.05, 3.63) is 51.8 Å². The van der Waals surface area contributed by atoms with E-state index in [0.29, 0.717) is 17.9 Å². The highest BCUT2D eigenvalue weighted by atomic mass is 35.5. The minimum Gasteiger partial charge on any atom is -0.351 e. The molecular weight excluding hydrogens is 298 g/mol. The van der Waals surface area contributed by atoms with E-state index in [2.05, 4.69) is 21.4 Å². The first-order valence-electron chi connectivity index (χ1n) is 7.47. The molecule has 114 valence electrons. The van der Waals surface area contributed by atoms with Gasteiger partial charge in [-0.2, -0.15) is 0 Å². The van der Waals surface area contributed by atoms with Crippen LogP contribution >= 0.6 is 11.6 Å². The van der Waals surface area contributed by atoms with E-state index >= 15 is 0 Å². The Kier molecular flexibility index (Phi) is 4.12. The summed E-state index contributed by atoms with van der Waals surface area (Å²) < 4.78 is 0. The summed E-state index contributed by atoms with van der Waals surface area (Å²) in [4.78, 5) is 20.3. The van der Waals surface area contributed by atoms with Crippen molar-refractivity contribution in [2.45, 2.75) is 39.2 Å². The molecule has 0 bridgehead atoms. The zero-order valence-corrected chi connectivity index (χ0v) is 13.4. The Hall–Kier alpha value is -1.94. The van der Waals surface area contributed by atoms with E-state index in [1.54, 1.807) is 13.1 Å². The van der Waals surface area contributed by atoms with Gasteiger partial charge in [-0.15, -0.1) is 0 Å². The number of carbonyl (C=O) groups excluding carboxylic acids is 1. The summed E-state index contributed by atoms with van der Waals surface area (Å²) in [6.45, 7) is 3.54. The van der Waals surface area contributed by atoms with Gasteiger partial charge in [-0.05, 0) is 49.4 Å². The van der Waals surface area contributed by atoms with Crippen molar-refractivity contribution in [2.75, 3.05) is 5.32 Å². The molecule has 0 spiro atoms. The summed E-state index contributed by atoms with van der Waals surface area (Å²) in [5.74, 6) is 0.595. The standard InChI is InChI=1S/C17H18ClN3O/c1-3-16-15(10(2)22)9-19-17(21-16)20-14-7-11-4-5-13(18)6-12(11)8-14/h4-6,9,14H,3,7-8H2,1-2H3,(H,19,20,21). The molecule has 1 aliphatic carbocycles. The van der Waals surface area contributed by atoms with Crippen LogP contribution in [0.3, 0.4) is 0 Å². The molecule has 2 aromatic rings. The molecule has 0 radical (unpaired) electrons. The maximum absolute atomic E-state index is 11.5. The van der Waals surface area contributed by atoms with Gasteiger partial charge >= 0.3 is 0 Å². The first-order valence-corrected chi connectivity index (χ1v) is 7.85. The van der Waals surface area contributed by atoms with Crippen molar-refractivity contribution in [1.82, 2.24) is 9.97 Å². The Balaban J connectivity index is 1.76. The van der Waals surface area contributed by atoms with Gasteiger partial charge < -0.3 is 5.32 Å². The van der Waals surface area contributed by atoms with E-state index in [1.807, 2.05) is 19.1 Å². The predicted octanol–water partition coefficient (Wildman–Crippen LogP) is 3.47. The number of hydrogen-bond donors (Lipinski definition) is 1. The Morgan fingerprint density at radius 3 is 2.86 bits per heavy atom. The molecule has 0 saturated heterocycles. The van der Waals surface area contributed by atoms with Crippen LogP contribution in [0.25, 0.3) is 0 Å². The number of benzene rings is 1. The van der Waals surface area contributed by atoms with Crippen molar-refractivity contribution in [1.29, 1.82) is 0 Å². The molecule has 1 N–H and O–H groups in total. The van der Waals surface area contributed by atoms with Crippen molar-refractivity contribution in [3.63, 3.8) is 0 Å². The fraction of sp³-hybridized carbons (Fsp3) is 0.353. The average molecular weight is 316 g/mol. The number of hydrogen-bond acceptors (Lipinski definition) is 4. The third-order valence-corrected chi connectivity index (χ3v) is 4.25. The summed E-state index contributed by atoms with van der Waals surface area (Å²) in [6.07, 6.45) is 4.18. The van der Waals surface area contributed by atoms with E-state index in [-0.39, 0.29) is 11.8 Å². The Labute approximate surface area is 134 Å². The number of aryl methyl sites for hydroxylation is 1. The smallest absolute Gasteiger partial charge is 0.223 e. The Morgan fingerprint density at radius 2 is 2.14 bits per heavy atom. The van der Waals surface area contributed by atoms with E-state index < -0.39 is 0 Å². The maximum atomic E-state index is 11.5. The second-order valence-corrected chi connectivity index (χ2v) is 6.06. The molecule has 1 heterocycles. The first kappa shape index (κ1) is 15.0. The second kappa shape index (κ2) is 6.05. The number of anilines is 1. The van der Waals surface area contributed by atoms with Gasteiger partial charge in [0.15, 0.2) is 5.78 Å². The van der Waals surface area contributed by atoms with E-state index in [9.17, 15) is 4.79 Å². The van der Waals surface area contributed by atoms with E-state index in [0.717, 1.165) is 23.6 Å². The lowest BCUT2D eigenvalue weighted by Crippen LogP contribution is -2.21. The molecule has 5 heteroatoms. The fourth-order valence-electron chi connectivity index (χ4n) is 2.92. The SMILES string of the molecule is CCc1nc(NC2Cc3ccc(Cl)cc3C2)ncc1C(C)=O. The number of nitrogens with zero attached hydrogens (tertiary/aromatic N) is 2. The number of halogens is 1. The van der Waals surface area contributed by atoms with Crippen molar-refractivity contribution in [3.8, 4) is 0 Å². The second-order valence-electron chi connectivity index (χ2n) is 5.63. The molecule has 1 unspecified atom stereocenters. The zero-order chi connectivity index (χ0) is 15.7. The van der Waals surface area contributed by atoms with Gasteiger partial charge in [0.25, 0.3) is 0 Å². The molecule has 1 aromatic heterocycles. The summed E-state index contributed by atoms with van der Waals surface area (Å²) in [5, 5.41) is 4.14. The van der Waals surface area contributed by atoms with Crippen LogP contribution in [0.15, 0.2) is 24.4 Å². The number of nitrogens with one attached hydrogen (secondary N) is 1. The highest BCUT2D eigenvalue weighted by molar-refractivity contribution is 6.30. The molecule has 4 nitrogen and oxygen atoms in total. The van der Waals surface area contributed by atoms with Crippen LogP contribution < -0.4 is 5.32 Å². The van der Waals surface area contributed by atoms with Crippen LogP contribution in [0.2, 0.25) is 5.02 Å². The molecule has 3 rings (SSSR count). The molecule has 0 amide bonds. The quantitative estimate of drug-likeness (QED) is 0.878. The zero-order valence-electron chi connectivity index (χ0n) is 12.7. The van der Waals surface area contributed by atoms with E-state index in [1.165, 1.54) is 11.1 Å². The summed E-state index contributed by atoms with van der Waals surface area (Å²) in [5.41, 5.74) is 4.00. The Bertz CT molecular complexity index is 730. The van der Waals surface area contributed by atoms with Crippen molar-refractivity contribution in [2.24, 2.45) is 0 Å². The summed E-state index contributed by atoms with van der Waals surface area (Å²) >= 11 is 6.04. The summed E-state index contributed by atoms with van der Waals surface area (Å²) in [7, 11) is 0. The molecule has 1 aliphatic rings. The monoisotopic (exact) mass is 315 g/mol. The number of rotatable bonds is 4. The molecule has 1 atom stereocenters. The lowest BCUT2D eigenvalue weighted by atomic mass is 10.1. The maximum Gasteiger partial charge on any atom is 0.223 e. The predicted molar refractivity (Wildman–Crippen MR) is 87.7 cm³/mol. The topological polar surface area (TPSA) is 54.9 Å². The van der Waals surface area contributed by atoms with Gasteiger partial charge in [-0.25, -0.2) is 9.97 Å². The van der Waals surface area contributed by atoms with Crippen LogP contribution in [0.1, 0.15) is 41.0 Å². The average Bonchev–Trinajstić information content (AvgIpc) is 2.88. The van der Waals surface area contributed by atoms with Crippen LogP contribution in [0.5, 0.6) is 0 Å². The van der Waals surface area contributed by atoms with Crippen LogP contribution in [-0.2, 0) is 19.3 Å².